The predicted molar refractivity (Wildman–Crippen MR) is 79.4 cm³/mol. The summed E-state index contributed by atoms with van der Waals surface area (Å²) in [6.45, 7) is 1.84. The van der Waals surface area contributed by atoms with E-state index in [0.29, 0.717) is 18.0 Å². The smallest absolute Gasteiger partial charge is 0.224 e. The van der Waals surface area contributed by atoms with Crippen LogP contribution in [0.25, 0.3) is 0 Å². The third-order valence-electron chi connectivity index (χ3n) is 3.47. The molecule has 1 aliphatic carbocycles. The number of hydrogen-bond donors (Lipinski definition) is 1. The van der Waals surface area contributed by atoms with Gasteiger partial charge in [-0.25, -0.2) is 8.42 Å². The molecule has 1 aliphatic rings. The average Bonchev–Trinajstić information content (AvgIpc) is 2.83. The minimum absolute atomic E-state index is 0.0738. The largest absolute Gasteiger partial charge is 0.326 e. The first-order valence-corrected chi connectivity index (χ1v) is 8.52. The summed E-state index contributed by atoms with van der Waals surface area (Å²) >= 11 is 0. The number of carbonyl (C=O) groups excluding carboxylic acids is 1. The van der Waals surface area contributed by atoms with Gasteiger partial charge in [0.15, 0.2) is 9.84 Å². The van der Waals surface area contributed by atoms with Crippen molar-refractivity contribution in [1.82, 2.24) is 0 Å². The maximum atomic E-state index is 12.0. The minimum Gasteiger partial charge on any atom is -0.326 e. The first-order valence-electron chi connectivity index (χ1n) is 6.63. The fourth-order valence-electron chi connectivity index (χ4n) is 2.27. The lowest BCUT2D eigenvalue weighted by atomic mass is 10.0. The highest BCUT2D eigenvalue weighted by Crippen LogP contribution is 2.23. The van der Waals surface area contributed by atoms with Crippen LogP contribution in [0.15, 0.2) is 35.2 Å². The topological polar surface area (TPSA) is 63.2 Å². The average molecular weight is 293 g/mol. The molecule has 0 heterocycles. The van der Waals surface area contributed by atoms with Crippen molar-refractivity contribution in [2.45, 2.75) is 31.1 Å². The zero-order valence-corrected chi connectivity index (χ0v) is 12.5. The van der Waals surface area contributed by atoms with Crippen LogP contribution in [0.1, 0.15) is 24.8 Å². The summed E-state index contributed by atoms with van der Waals surface area (Å²) in [4.78, 5) is 12.2. The van der Waals surface area contributed by atoms with Crippen LogP contribution in [0.2, 0.25) is 0 Å². The van der Waals surface area contributed by atoms with Gasteiger partial charge in [-0.2, -0.15) is 0 Å². The molecule has 0 aliphatic heterocycles. The molecule has 1 aromatic carbocycles. The van der Waals surface area contributed by atoms with E-state index < -0.39 is 9.84 Å². The van der Waals surface area contributed by atoms with E-state index in [-0.39, 0.29) is 10.8 Å². The van der Waals surface area contributed by atoms with Crippen molar-refractivity contribution < 1.29 is 13.2 Å². The molecule has 1 N–H and O–H groups in total. The highest BCUT2D eigenvalue weighted by atomic mass is 32.2. The second-order valence-electron chi connectivity index (χ2n) is 5.27. The number of benzene rings is 1. The Morgan fingerprint density at radius 1 is 1.40 bits per heavy atom. The minimum atomic E-state index is -3.26. The Morgan fingerprint density at radius 3 is 2.75 bits per heavy atom. The molecule has 1 aromatic rings. The van der Waals surface area contributed by atoms with Crippen LogP contribution in [0, 0.1) is 12.8 Å². The summed E-state index contributed by atoms with van der Waals surface area (Å²) in [5.74, 6) is 0.226. The molecule has 5 heteroatoms. The molecule has 108 valence electrons. The van der Waals surface area contributed by atoms with E-state index in [1.165, 1.54) is 6.07 Å². The molecule has 0 aromatic heterocycles. The lowest BCUT2D eigenvalue weighted by Gasteiger charge is -2.12. The van der Waals surface area contributed by atoms with Gasteiger partial charge >= 0.3 is 0 Å². The number of nitrogens with one attached hydrogen (secondary N) is 1. The molecule has 2 rings (SSSR count). The van der Waals surface area contributed by atoms with Gasteiger partial charge in [0.1, 0.15) is 0 Å². The number of aryl methyl sites for hydroxylation is 1. The van der Waals surface area contributed by atoms with Crippen molar-refractivity contribution in [2.24, 2.45) is 5.92 Å². The highest BCUT2D eigenvalue weighted by Gasteiger charge is 2.15. The zero-order chi connectivity index (χ0) is 14.8. The Hall–Kier alpha value is -1.62. The Balaban J connectivity index is 2.12. The van der Waals surface area contributed by atoms with Crippen LogP contribution in [-0.4, -0.2) is 20.6 Å². The van der Waals surface area contributed by atoms with Gasteiger partial charge in [0.25, 0.3) is 0 Å². The summed E-state index contributed by atoms with van der Waals surface area (Å²) in [5, 5.41) is 2.81. The maximum absolute atomic E-state index is 12.0. The highest BCUT2D eigenvalue weighted by molar-refractivity contribution is 7.90. The Morgan fingerprint density at radius 2 is 2.15 bits per heavy atom. The second kappa shape index (κ2) is 5.79. The predicted octanol–water partition coefficient (Wildman–Crippen LogP) is 2.69. The molecule has 1 amide bonds. The molecule has 0 bridgehead atoms. The summed E-state index contributed by atoms with van der Waals surface area (Å²) in [7, 11) is -3.26. The molecular formula is C15H19NO3S. The molecule has 20 heavy (non-hydrogen) atoms. The van der Waals surface area contributed by atoms with Crippen molar-refractivity contribution in [3.63, 3.8) is 0 Å². The normalized spacial score (nSPS) is 18.2. The third-order valence-corrected chi connectivity index (χ3v) is 4.58. The van der Waals surface area contributed by atoms with E-state index in [1.54, 1.807) is 12.1 Å². The van der Waals surface area contributed by atoms with E-state index in [9.17, 15) is 13.2 Å². The number of hydrogen-bond acceptors (Lipinski definition) is 3. The summed E-state index contributed by atoms with van der Waals surface area (Å²) in [6.07, 6.45) is 7.80. The van der Waals surface area contributed by atoms with E-state index in [0.717, 1.165) is 24.7 Å². The lowest BCUT2D eigenvalue weighted by Crippen LogP contribution is -2.16. The first kappa shape index (κ1) is 14.8. The van der Waals surface area contributed by atoms with Gasteiger partial charge in [0.05, 0.1) is 4.90 Å². The van der Waals surface area contributed by atoms with Crippen LogP contribution < -0.4 is 5.32 Å². The molecule has 4 nitrogen and oxygen atoms in total. The quantitative estimate of drug-likeness (QED) is 0.868. The number of allylic oxidation sites excluding steroid dienone is 2. The Bertz CT molecular complexity index is 647. The van der Waals surface area contributed by atoms with E-state index in [4.69, 9.17) is 0 Å². The molecule has 0 radical (unpaired) electrons. The third kappa shape index (κ3) is 3.70. The van der Waals surface area contributed by atoms with Gasteiger partial charge in [-0.05, 0) is 43.4 Å². The summed E-state index contributed by atoms with van der Waals surface area (Å²) in [6, 6.07) is 4.79. The van der Waals surface area contributed by atoms with Crippen molar-refractivity contribution in [1.29, 1.82) is 0 Å². The molecular weight excluding hydrogens is 274 g/mol. The van der Waals surface area contributed by atoms with Crippen LogP contribution in [-0.2, 0) is 14.6 Å². The van der Waals surface area contributed by atoms with E-state index in [1.807, 2.05) is 6.92 Å². The molecule has 1 atom stereocenters. The van der Waals surface area contributed by atoms with Crippen molar-refractivity contribution in [3.8, 4) is 0 Å². The lowest BCUT2D eigenvalue weighted by molar-refractivity contribution is -0.116. The van der Waals surface area contributed by atoms with Crippen molar-refractivity contribution in [3.05, 3.63) is 35.9 Å². The van der Waals surface area contributed by atoms with Gasteiger partial charge in [-0.1, -0.05) is 18.2 Å². The molecule has 0 fully saturated rings. The SMILES string of the molecule is Cc1ccc(S(C)(=O)=O)cc1NC(=O)CC1C=CCC1. The Kier molecular flexibility index (Phi) is 4.28. The molecule has 0 spiro atoms. The summed E-state index contributed by atoms with van der Waals surface area (Å²) in [5.41, 5.74) is 1.42. The molecule has 1 unspecified atom stereocenters. The van der Waals surface area contributed by atoms with E-state index in [2.05, 4.69) is 17.5 Å². The van der Waals surface area contributed by atoms with E-state index >= 15 is 0 Å². The molecule has 0 saturated heterocycles. The number of anilines is 1. The standard InChI is InChI=1S/C15H19NO3S/c1-11-7-8-13(20(2,18)19)10-14(11)16-15(17)9-12-5-3-4-6-12/h3,5,7-8,10,12H,4,6,9H2,1-2H3,(H,16,17). The van der Waals surface area contributed by atoms with Crippen molar-refractivity contribution >= 4 is 21.4 Å². The van der Waals surface area contributed by atoms with Crippen LogP contribution in [0.3, 0.4) is 0 Å². The van der Waals surface area contributed by atoms with Gasteiger partial charge in [0.2, 0.25) is 5.91 Å². The van der Waals surface area contributed by atoms with Gasteiger partial charge in [-0.3, -0.25) is 4.79 Å². The van der Waals surface area contributed by atoms with Gasteiger partial charge in [-0.15, -0.1) is 0 Å². The maximum Gasteiger partial charge on any atom is 0.224 e. The first-order chi connectivity index (χ1) is 9.36. The zero-order valence-electron chi connectivity index (χ0n) is 11.7. The molecule has 0 saturated carbocycles. The Labute approximate surface area is 119 Å². The van der Waals surface area contributed by atoms with Gasteiger partial charge in [0, 0.05) is 18.4 Å². The number of rotatable bonds is 4. The number of carbonyl (C=O) groups is 1. The number of amides is 1. The fraction of sp³-hybridized carbons (Fsp3) is 0.400. The van der Waals surface area contributed by atoms with Gasteiger partial charge < -0.3 is 5.32 Å². The van der Waals surface area contributed by atoms with Crippen LogP contribution >= 0.6 is 0 Å². The van der Waals surface area contributed by atoms with Crippen LogP contribution in [0.4, 0.5) is 5.69 Å². The monoisotopic (exact) mass is 293 g/mol. The summed E-state index contributed by atoms with van der Waals surface area (Å²) < 4.78 is 23.1. The van der Waals surface area contributed by atoms with Crippen molar-refractivity contribution in [2.75, 3.05) is 11.6 Å². The second-order valence-corrected chi connectivity index (χ2v) is 7.28. The number of sulfone groups is 1. The van der Waals surface area contributed by atoms with Crippen LogP contribution in [0.5, 0.6) is 0 Å². The fourth-order valence-corrected chi connectivity index (χ4v) is 2.92.